The number of phenolic OH excluding ortho intramolecular Hbond substituents is 1. The molecule has 2 aliphatic carbocycles. The SMILES string of the molecule is COc1ccc([C@H]2C3=CC[C@@H]4C(=O)N(c5ccc(N=Nc6ccc(N(C)C)cc6)cc5)C(=O)[C@@H]4[C@@H]3C[C@H]3C(=O)N(c4cccc(Cl)c4)C(=O)[C@@]23c2ccccc2)c(O)c1. The fourth-order valence-corrected chi connectivity index (χ4v) is 10.0. The number of fused-ring (bicyclic) bond motifs is 4. The molecule has 59 heavy (non-hydrogen) atoms. The van der Waals surface area contributed by atoms with Crippen LogP contribution in [0.1, 0.15) is 29.9 Å². The van der Waals surface area contributed by atoms with Crippen LogP contribution in [0.15, 0.2) is 143 Å². The quantitative estimate of drug-likeness (QED) is 0.0941. The smallest absolute Gasteiger partial charge is 0.246 e. The summed E-state index contributed by atoms with van der Waals surface area (Å²) in [7, 11) is 5.42. The summed E-state index contributed by atoms with van der Waals surface area (Å²) in [6.45, 7) is 0. The van der Waals surface area contributed by atoms with Gasteiger partial charge in [0.05, 0.1) is 53.0 Å². The van der Waals surface area contributed by atoms with Crippen LogP contribution in [0.5, 0.6) is 11.5 Å². The third-order valence-electron chi connectivity index (χ3n) is 12.5. The van der Waals surface area contributed by atoms with Crippen LogP contribution in [0.25, 0.3) is 0 Å². The molecule has 3 fully saturated rings. The van der Waals surface area contributed by atoms with E-state index in [1.54, 1.807) is 60.7 Å². The number of methoxy groups -OCH3 is 1. The molecule has 0 spiro atoms. The standard InChI is InChI=1S/C47H40ClN5O6/c1-51(2)31-16-12-29(13-17-31)49-50-30-14-18-32(19-15-30)52-43(55)37-23-22-35-38(41(37)45(52)57)26-39-44(56)53(33-11-7-10-28(48)24-33)46(58)47(39,27-8-5-4-6-9-27)42(35)36-21-20-34(59-3)25-40(36)54/h4-22,24-25,37-39,41-42,54H,23,26H2,1-3H3/t37-,38+,39-,41-,42+,47+/m0/s1. The lowest BCUT2D eigenvalue weighted by Gasteiger charge is -2.50. The van der Waals surface area contributed by atoms with Crippen molar-refractivity contribution in [1.82, 2.24) is 0 Å². The van der Waals surface area contributed by atoms with Crippen molar-refractivity contribution >= 4 is 63.7 Å². The molecular weight excluding hydrogens is 766 g/mol. The number of amides is 4. The number of nitrogens with zero attached hydrogens (tertiary/aromatic N) is 5. The van der Waals surface area contributed by atoms with Crippen molar-refractivity contribution in [3.63, 3.8) is 0 Å². The lowest BCUT2D eigenvalue weighted by Crippen LogP contribution is -2.53. The summed E-state index contributed by atoms with van der Waals surface area (Å²) in [5, 5.41) is 20.8. The summed E-state index contributed by atoms with van der Waals surface area (Å²) >= 11 is 6.43. The van der Waals surface area contributed by atoms with Gasteiger partial charge in [-0.3, -0.25) is 24.1 Å². The van der Waals surface area contributed by atoms with Crippen LogP contribution < -0.4 is 19.4 Å². The van der Waals surface area contributed by atoms with Gasteiger partial charge in [-0.2, -0.15) is 10.2 Å². The lowest BCUT2D eigenvalue weighted by atomic mass is 9.49. The highest BCUT2D eigenvalue weighted by Crippen LogP contribution is 2.65. The number of halogens is 1. The van der Waals surface area contributed by atoms with E-state index in [0.29, 0.717) is 44.6 Å². The second-order valence-electron chi connectivity index (χ2n) is 15.7. The number of rotatable bonds is 8. The molecule has 6 atom stereocenters. The van der Waals surface area contributed by atoms with E-state index in [-0.39, 0.29) is 30.4 Å². The Hall–Kier alpha value is -6.59. The number of azo groups is 1. The van der Waals surface area contributed by atoms with Crippen LogP contribution in [0, 0.1) is 23.7 Å². The van der Waals surface area contributed by atoms with Gasteiger partial charge in [0.1, 0.15) is 11.5 Å². The van der Waals surface area contributed by atoms with Crippen LogP contribution in [0.3, 0.4) is 0 Å². The van der Waals surface area contributed by atoms with Crippen LogP contribution in [-0.2, 0) is 24.6 Å². The first-order valence-electron chi connectivity index (χ1n) is 19.5. The number of hydrogen-bond acceptors (Lipinski definition) is 9. The summed E-state index contributed by atoms with van der Waals surface area (Å²) in [5.41, 5.74) is 3.23. The number of ether oxygens (including phenoxy) is 1. The Kier molecular flexibility index (Phi) is 9.43. The van der Waals surface area contributed by atoms with Gasteiger partial charge in [0, 0.05) is 42.4 Å². The van der Waals surface area contributed by atoms with Crippen LogP contribution in [-0.4, -0.2) is 49.9 Å². The highest BCUT2D eigenvalue weighted by molar-refractivity contribution is 6.32. The first-order chi connectivity index (χ1) is 28.5. The van der Waals surface area contributed by atoms with E-state index in [0.717, 1.165) is 11.3 Å². The number of imide groups is 2. The van der Waals surface area contributed by atoms with Crippen LogP contribution in [0.4, 0.5) is 28.4 Å². The topological polar surface area (TPSA) is 132 Å². The molecule has 0 bridgehead atoms. The number of benzene rings is 5. The lowest BCUT2D eigenvalue weighted by molar-refractivity contribution is -0.127. The number of carbonyl (C=O) groups is 4. The largest absolute Gasteiger partial charge is 0.508 e. The minimum Gasteiger partial charge on any atom is -0.508 e. The van der Waals surface area contributed by atoms with E-state index in [9.17, 15) is 19.5 Å². The Labute approximate surface area is 346 Å². The van der Waals surface area contributed by atoms with E-state index in [1.165, 1.54) is 23.0 Å². The predicted octanol–water partition coefficient (Wildman–Crippen LogP) is 8.90. The van der Waals surface area contributed by atoms with E-state index in [2.05, 4.69) is 10.2 Å². The average molecular weight is 806 g/mol. The third kappa shape index (κ3) is 6.02. The molecule has 0 radical (unpaired) electrons. The summed E-state index contributed by atoms with van der Waals surface area (Å²) in [4.78, 5) is 64.0. The van der Waals surface area contributed by atoms with Gasteiger partial charge >= 0.3 is 0 Å². The number of allylic oxidation sites excluding steroid dienone is 2. The first-order valence-corrected chi connectivity index (χ1v) is 19.8. The Balaban J connectivity index is 1.12. The predicted molar refractivity (Wildman–Crippen MR) is 225 cm³/mol. The fourth-order valence-electron chi connectivity index (χ4n) is 9.84. The summed E-state index contributed by atoms with van der Waals surface area (Å²) in [5.74, 6) is -5.27. The summed E-state index contributed by atoms with van der Waals surface area (Å²) < 4.78 is 5.44. The fraction of sp³-hybridized carbons (Fsp3) is 0.234. The van der Waals surface area contributed by atoms with Crippen molar-refractivity contribution in [2.45, 2.75) is 24.2 Å². The maximum Gasteiger partial charge on any atom is 0.246 e. The van der Waals surface area contributed by atoms with Gasteiger partial charge < -0.3 is 14.7 Å². The van der Waals surface area contributed by atoms with Crippen molar-refractivity contribution in [2.24, 2.45) is 33.9 Å². The highest BCUT2D eigenvalue weighted by Gasteiger charge is 2.70. The van der Waals surface area contributed by atoms with Gasteiger partial charge in [0.15, 0.2) is 0 Å². The summed E-state index contributed by atoms with van der Waals surface area (Å²) in [6.07, 6.45) is 2.32. The van der Waals surface area contributed by atoms with E-state index in [4.69, 9.17) is 16.3 Å². The van der Waals surface area contributed by atoms with E-state index in [1.807, 2.05) is 79.7 Å². The van der Waals surface area contributed by atoms with Gasteiger partial charge in [0.2, 0.25) is 23.6 Å². The summed E-state index contributed by atoms with van der Waals surface area (Å²) in [6, 6.07) is 35.2. The molecule has 5 aromatic rings. The molecule has 296 valence electrons. The third-order valence-corrected chi connectivity index (χ3v) is 12.7. The second kappa shape index (κ2) is 14.7. The van der Waals surface area contributed by atoms with Crippen molar-refractivity contribution in [3.8, 4) is 11.5 Å². The van der Waals surface area contributed by atoms with Crippen molar-refractivity contribution in [3.05, 3.63) is 149 Å². The molecule has 5 aromatic carbocycles. The molecule has 2 saturated heterocycles. The molecule has 1 saturated carbocycles. The second-order valence-corrected chi connectivity index (χ2v) is 16.1. The normalized spacial score (nSPS) is 24.9. The Morgan fingerprint density at radius 1 is 0.746 bits per heavy atom. The molecule has 2 heterocycles. The molecule has 12 heteroatoms. The molecule has 0 unspecified atom stereocenters. The van der Waals surface area contributed by atoms with Gasteiger partial charge in [-0.25, -0.2) is 4.90 Å². The van der Waals surface area contributed by atoms with E-state index >= 15 is 4.79 Å². The minimum absolute atomic E-state index is 0.119. The number of phenols is 1. The number of carbonyl (C=O) groups excluding carboxylic acids is 4. The molecule has 4 aliphatic rings. The van der Waals surface area contributed by atoms with Gasteiger partial charge in [-0.1, -0.05) is 65.7 Å². The molecule has 9 rings (SSSR count). The van der Waals surface area contributed by atoms with Gasteiger partial charge in [-0.15, -0.1) is 0 Å². The number of anilines is 3. The molecule has 2 aliphatic heterocycles. The Morgan fingerprint density at radius 2 is 1.44 bits per heavy atom. The first kappa shape index (κ1) is 38.0. The molecule has 0 aromatic heterocycles. The maximum absolute atomic E-state index is 15.4. The van der Waals surface area contributed by atoms with Crippen LogP contribution in [0.2, 0.25) is 5.02 Å². The number of aromatic hydroxyl groups is 1. The monoisotopic (exact) mass is 805 g/mol. The molecule has 4 amide bonds. The zero-order valence-electron chi connectivity index (χ0n) is 32.5. The Morgan fingerprint density at radius 3 is 2.08 bits per heavy atom. The average Bonchev–Trinajstić information content (AvgIpc) is 3.64. The zero-order valence-corrected chi connectivity index (χ0v) is 33.3. The van der Waals surface area contributed by atoms with Gasteiger partial charge in [-0.05, 0) is 97.1 Å². The molecule has 11 nitrogen and oxygen atoms in total. The van der Waals surface area contributed by atoms with Crippen molar-refractivity contribution in [1.29, 1.82) is 0 Å². The van der Waals surface area contributed by atoms with E-state index < -0.39 is 46.8 Å². The Bertz CT molecular complexity index is 2580. The van der Waals surface area contributed by atoms with Crippen LogP contribution >= 0.6 is 11.6 Å². The number of hydrogen-bond donors (Lipinski definition) is 1. The zero-order chi connectivity index (χ0) is 41.2. The highest BCUT2D eigenvalue weighted by atomic mass is 35.5. The minimum atomic E-state index is -1.52. The van der Waals surface area contributed by atoms with Gasteiger partial charge in [0.25, 0.3) is 0 Å². The van der Waals surface area contributed by atoms with Crippen molar-refractivity contribution in [2.75, 3.05) is 35.9 Å². The molecule has 1 N–H and O–H groups in total. The van der Waals surface area contributed by atoms with Crippen molar-refractivity contribution < 1.29 is 29.0 Å². The molecular formula is C47H40ClN5O6. The maximum atomic E-state index is 15.4.